The van der Waals surface area contributed by atoms with Gasteiger partial charge in [0.05, 0.1) is 5.69 Å². The largest absolute Gasteiger partial charge is 0.324 e. The smallest absolute Gasteiger partial charge is 0.245 e. The van der Waals surface area contributed by atoms with Crippen molar-refractivity contribution in [2.24, 2.45) is 5.73 Å². The molecule has 0 spiro atoms. The van der Waals surface area contributed by atoms with Crippen LogP contribution >= 0.6 is 0 Å². The van der Waals surface area contributed by atoms with Crippen molar-refractivity contribution in [3.05, 3.63) is 77.9 Å². The molecule has 0 aromatic heterocycles. The zero-order valence-electron chi connectivity index (χ0n) is 12.4. The molecular formula is C19H18N2O. The van der Waals surface area contributed by atoms with Crippen LogP contribution in [-0.4, -0.2) is 5.91 Å². The first-order chi connectivity index (χ1) is 10.7. The molecule has 0 saturated carbocycles. The van der Waals surface area contributed by atoms with E-state index in [1.807, 2.05) is 67.6 Å². The third kappa shape index (κ3) is 2.71. The van der Waals surface area contributed by atoms with Crippen molar-refractivity contribution in [2.75, 3.05) is 5.32 Å². The number of carbonyl (C=O) groups excluding carboxylic acids is 1. The van der Waals surface area contributed by atoms with Gasteiger partial charge in [-0.3, -0.25) is 4.79 Å². The highest BCUT2D eigenvalue weighted by Gasteiger charge is 2.17. The van der Waals surface area contributed by atoms with Crippen molar-refractivity contribution in [3.63, 3.8) is 0 Å². The molecule has 0 saturated heterocycles. The van der Waals surface area contributed by atoms with E-state index in [0.29, 0.717) is 0 Å². The summed E-state index contributed by atoms with van der Waals surface area (Å²) in [6.07, 6.45) is 0. The normalized spacial score (nSPS) is 12.1. The fourth-order valence-electron chi connectivity index (χ4n) is 2.56. The molecule has 0 bridgehead atoms. The molecule has 3 heteroatoms. The van der Waals surface area contributed by atoms with Crippen molar-refractivity contribution in [1.82, 2.24) is 0 Å². The van der Waals surface area contributed by atoms with E-state index >= 15 is 0 Å². The second-order valence-electron chi connectivity index (χ2n) is 5.36. The van der Waals surface area contributed by atoms with Crippen LogP contribution in [0.25, 0.3) is 10.8 Å². The summed E-state index contributed by atoms with van der Waals surface area (Å²) < 4.78 is 0. The molecule has 0 heterocycles. The van der Waals surface area contributed by atoms with E-state index in [1.54, 1.807) is 0 Å². The van der Waals surface area contributed by atoms with Gasteiger partial charge in [-0.2, -0.15) is 0 Å². The summed E-state index contributed by atoms with van der Waals surface area (Å²) in [4.78, 5) is 12.5. The van der Waals surface area contributed by atoms with Gasteiger partial charge in [0, 0.05) is 5.39 Å². The van der Waals surface area contributed by atoms with Crippen molar-refractivity contribution < 1.29 is 4.79 Å². The Bertz CT molecular complexity index is 812. The van der Waals surface area contributed by atoms with E-state index in [4.69, 9.17) is 5.73 Å². The fourth-order valence-corrected chi connectivity index (χ4v) is 2.56. The summed E-state index contributed by atoms with van der Waals surface area (Å²) in [7, 11) is 0. The molecule has 0 radical (unpaired) electrons. The van der Waals surface area contributed by atoms with Gasteiger partial charge in [0.15, 0.2) is 0 Å². The average Bonchev–Trinajstić information content (AvgIpc) is 2.57. The van der Waals surface area contributed by atoms with Gasteiger partial charge in [-0.05, 0) is 23.4 Å². The number of fused-ring (bicyclic) bond motifs is 1. The lowest BCUT2D eigenvalue weighted by Crippen LogP contribution is -2.28. The Morgan fingerprint density at radius 3 is 2.41 bits per heavy atom. The van der Waals surface area contributed by atoms with Gasteiger partial charge in [0.1, 0.15) is 6.04 Å². The number of aryl methyl sites for hydroxylation is 1. The Hall–Kier alpha value is -2.65. The number of anilines is 1. The van der Waals surface area contributed by atoms with E-state index in [0.717, 1.165) is 27.6 Å². The van der Waals surface area contributed by atoms with Gasteiger partial charge >= 0.3 is 0 Å². The SMILES string of the molecule is Cc1ccc2ccccc2c1NC(=O)C(N)c1ccccc1. The standard InChI is InChI=1S/C19H18N2O/c1-13-11-12-14-7-5-6-10-16(14)18(13)21-19(22)17(20)15-8-3-2-4-9-15/h2-12,17H,20H2,1H3,(H,21,22). The van der Waals surface area contributed by atoms with E-state index in [2.05, 4.69) is 11.4 Å². The lowest BCUT2D eigenvalue weighted by atomic mass is 10.0. The van der Waals surface area contributed by atoms with E-state index in [9.17, 15) is 4.79 Å². The van der Waals surface area contributed by atoms with E-state index in [1.165, 1.54) is 0 Å². The van der Waals surface area contributed by atoms with Crippen molar-refractivity contribution in [3.8, 4) is 0 Å². The van der Waals surface area contributed by atoms with E-state index < -0.39 is 6.04 Å². The fraction of sp³-hybridized carbons (Fsp3) is 0.105. The maximum atomic E-state index is 12.5. The van der Waals surface area contributed by atoms with Gasteiger partial charge in [-0.1, -0.05) is 66.7 Å². The second-order valence-corrected chi connectivity index (χ2v) is 5.36. The van der Waals surface area contributed by atoms with Gasteiger partial charge in [-0.25, -0.2) is 0 Å². The minimum atomic E-state index is -0.681. The second kappa shape index (κ2) is 6.00. The summed E-state index contributed by atoms with van der Waals surface area (Å²) >= 11 is 0. The van der Waals surface area contributed by atoms with Crippen molar-refractivity contribution in [1.29, 1.82) is 0 Å². The summed E-state index contributed by atoms with van der Waals surface area (Å²) in [6.45, 7) is 1.98. The molecule has 110 valence electrons. The predicted molar refractivity (Wildman–Crippen MR) is 90.7 cm³/mol. The first kappa shape index (κ1) is 14.3. The summed E-state index contributed by atoms with van der Waals surface area (Å²) in [5.41, 5.74) is 8.72. The number of nitrogens with two attached hydrogens (primary N) is 1. The molecule has 0 aliphatic rings. The molecule has 0 aliphatic carbocycles. The quantitative estimate of drug-likeness (QED) is 0.771. The number of hydrogen-bond donors (Lipinski definition) is 2. The zero-order valence-corrected chi connectivity index (χ0v) is 12.4. The van der Waals surface area contributed by atoms with Crippen LogP contribution in [0.2, 0.25) is 0 Å². The number of nitrogens with one attached hydrogen (secondary N) is 1. The molecular weight excluding hydrogens is 272 g/mol. The van der Waals surface area contributed by atoms with Crippen LogP contribution in [0.1, 0.15) is 17.2 Å². The van der Waals surface area contributed by atoms with Crippen molar-refractivity contribution >= 4 is 22.4 Å². The Morgan fingerprint density at radius 1 is 0.955 bits per heavy atom. The minimum Gasteiger partial charge on any atom is -0.324 e. The number of rotatable bonds is 3. The van der Waals surface area contributed by atoms with Crippen LogP contribution in [0.3, 0.4) is 0 Å². The first-order valence-electron chi connectivity index (χ1n) is 7.26. The van der Waals surface area contributed by atoms with Gasteiger partial charge in [-0.15, -0.1) is 0 Å². The van der Waals surface area contributed by atoms with Gasteiger partial charge in [0.2, 0.25) is 5.91 Å². The van der Waals surface area contributed by atoms with Crippen LogP contribution in [0, 0.1) is 6.92 Å². The Kier molecular flexibility index (Phi) is 3.90. The van der Waals surface area contributed by atoms with E-state index in [-0.39, 0.29) is 5.91 Å². The van der Waals surface area contributed by atoms with Crippen LogP contribution < -0.4 is 11.1 Å². The highest BCUT2D eigenvalue weighted by Crippen LogP contribution is 2.27. The third-order valence-corrected chi connectivity index (χ3v) is 3.83. The molecule has 3 nitrogen and oxygen atoms in total. The lowest BCUT2D eigenvalue weighted by Gasteiger charge is -2.16. The maximum Gasteiger partial charge on any atom is 0.245 e. The average molecular weight is 290 g/mol. The number of amides is 1. The third-order valence-electron chi connectivity index (χ3n) is 3.83. The topological polar surface area (TPSA) is 55.1 Å². The molecule has 3 rings (SSSR count). The predicted octanol–water partition coefficient (Wildman–Crippen LogP) is 3.79. The molecule has 22 heavy (non-hydrogen) atoms. The Labute approximate surface area is 129 Å². The lowest BCUT2D eigenvalue weighted by molar-refractivity contribution is -0.117. The van der Waals surface area contributed by atoms with Crippen LogP contribution in [0.15, 0.2) is 66.7 Å². The zero-order chi connectivity index (χ0) is 15.5. The minimum absolute atomic E-state index is 0.203. The van der Waals surface area contributed by atoms with Crippen LogP contribution in [0.4, 0.5) is 5.69 Å². The number of benzene rings is 3. The molecule has 0 fully saturated rings. The molecule has 3 N–H and O–H groups in total. The molecule has 1 atom stereocenters. The molecule has 1 unspecified atom stereocenters. The summed E-state index contributed by atoms with van der Waals surface area (Å²) in [5, 5.41) is 5.11. The number of hydrogen-bond acceptors (Lipinski definition) is 2. The molecule has 3 aromatic carbocycles. The molecule has 0 aliphatic heterocycles. The Balaban J connectivity index is 1.93. The highest BCUT2D eigenvalue weighted by atomic mass is 16.2. The number of carbonyl (C=O) groups is 1. The monoisotopic (exact) mass is 290 g/mol. The van der Waals surface area contributed by atoms with Gasteiger partial charge in [0.25, 0.3) is 0 Å². The maximum absolute atomic E-state index is 12.5. The Morgan fingerprint density at radius 2 is 1.64 bits per heavy atom. The van der Waals surface area contributed by atoms with Gasteiger partial charge < -0.3 is 11.1 Å². The molecule has 1 amide bonds. The van der Waals surface area contributed by atoms with Crippen LogP contribution in [0.5, 0.6) is 0 Å². The summed E-state index contributed by atoms with van der Waals surface area (Å²) in [5.74, 6) is -0.203. The van der Waals surface area contributed by atoms with Crippen molar-refractivity contribution in [2.45, 2.75) is 13.0 Å². The first-order valence-corrected chi connectivity index (χ1v) is 7.26. The summed E-state index contributed by atoms with van der Waals surface area (Å²) in [6, 6.07) is 20.8. The molecule has 3 aromatic rings. The highest BCUT2D eigenvalue weighted by molar-refractivity contribution is 6.05. The van der Waals surface area contributed by atoms with Crippen LogP contribution in [-0.2, 0) is 4.79 Å².